The standard InChI is InChI=1S/C24H21N3O5/c1-31-13-12-26-24(28)19(15-25)14-22-21-5-3-2-4-18(21)8-11-23(22)32-16-17-6-9-20(10-7-17)27(29)30/h2-11,14H,12-13,16H2,1H3,(H,26,28)/b19-14+. The highest BCUT2D eigenvalue weighted by molar-refractivity contribution is 6.04. The number of benzene rings is 3. The van der Waals surface area contributed by atoms with Gasteiger partial charge in [0.15, 0.2) is 0 Å². The van der Waals surface area contributed by atoms with Crippen LogP contribution in [0.25, 0.3) is 16.8 Å². The highest BCUT2D eigenvalue weighted by Gasteiger charge is 2.13. The third-order valence-corrected chi connectivity index (χ3v) is 4.72. The number of nitro benzene ring substituents is 1. The van der Waals surface area contributed by atoms with Crippen molar-refractivity contribution in [3.63, 3.8) is 0 Å². The van der Waals surface area contributed by atoms with Crippen molar-refractivity contribution in [1.29, 1.82) is 5.26 Å². The van der Waals surface area contributed by atoms with Crippen LogP contribution < -0.4 is 10.1 Å². The molecule has 0 radical (unpaired) electrons. The molecule has 162 valence electrons. The van der Waals surface area contributed by atoms with Crippen molar-refractivity contribution in [1.82, 2.24) is 5.32 Å². The van der Waals surface area contributed by atoms with Gasteiger partial charge in [0.25, 0.3) is 11.6 Å². The minimum Gasteiger partial charge on any atom is -0.488 e. The van der Waals surface area contributed by atoms with Crippen LogP contribution in [0.3, 0.4) is 0 Å². The summed E-state index contributed by atoms with van der Waals surface area (Å²) in [5.74, 6) is -0.0155. The first-order valence-electron chi connectivity index (χ1n) is 9.80. The molecule has 3 aromatic rings. The van der Waals surface area contributed by atoms with Crippen molar-refractivity contribution in [2.45, 2.75) is 6.61 Å². The van der Waals surface area contributed by atoms with E-state index in [1.165, 1.54) is 25.3 Å². The zero-order valence-electron chi connectivity index (χ0n) is 17.4. The molecule has 0 unspecified atom stereocenters. The van der Waals surface area contributed by atoms with E-state index < -0.39 is 10.8 Å². The molecular weight excluding hydrogens is 410 g/mol. The van der Waals surface area contributed by atoms with Crippen molar-refractivity contribution >= 4 is 28.4 Å². The van der Waals surface area contributed by atoms with E-state index in [1.807, 2.05) is 36.4 Å². The first kappa shape index (κ1) is 22.5. The summed E-state index contributed by atoms with van der Waals surface area (Å²) >= 11 is 0. The topological polar surface area (TPSA) is 114 Å². The first-order valence-corrected chi connectivity index (χ1v) is 9.80. The quantitative estimate of drug-likeness (QED) is 0.180. The Morgan fingerprint density at radius 3 is 2.59 bits per heavy atom. The monoisotopic (exact) mass is 431 g/mol. The van der Waals surface area contributed by atoms with Crippen molar-refractivity contribution in [2.24, 2.45) is 0 Å². The Morgan fingerprint density at radius 2 is 1.91 bits per heavy atom. The van der Waals surface area contributed by atoms with E-state index in [9.17, 15) is 20.2 Å². The van der Waals surface area contributed by atoms with E-state index in [1.54, 1.807) is 18.2 Å². The van der Waals surface area contributed by atoms with Gasteiger partial charge in [0.1, 0.15) is 24.0 Å². The zero-order chi connectivity index (χ0) is 22.9. The molecule has 8 heteroatoms. The summed E-state index contributed by atoms with van der Waals surface area (Å²) < 4.78 is 10.9. The van der Waals surface area contributed by atoms with Gasteiger partial charge in [-0.15, -0.1) is 0 Å². The lowest BCUT2D eigenvalue weighted by atomic mass is 10.0. The number of nitrogens with zero attached hydrogens (tertiary/aromatic N) is 2. The Kier molecular flexibility index (Phi) is 7.51. The summed E-state index contributed by atoms with van der Waals surface area (Å²) in [4.78, 5) is 22.8. The van der Waals surface area contributed by atoms with Crippen LogP contribution >= 0.6 is 0 Å². The molecule has 0 saturated heterocycles. The second-order valence-corrected chi connectivity index (χ2v) is 6.83. The molecule has 0 aliphatic carbocycles. The van der Waals surface area contributed by atoms with Gasteiger partial charge in [-0.1, -0.05) is 30.3 Å². The van der Waals surface area contributed by atoms with Gasteiger partial charge in [-0.3, -0.25) is 14.9 Å². The Hall–Kier alpha value is -4.22. The van der Waals surface area contributed by atoms with Gasteiger partial charge >= 0.3 is 0 Å². The minimum atomic E-state index is -0.501. The number of carbonyl (C=O) groups is 1. The zero-order valence-corrected chi connectivity index (χ0v) is 17.4. The predicted octanol–water partition coefficient (Wildman–Crippen LogP) is 4.00. The second-order valence-electron chi connectivity index (χ2n) is 6.83. The lowest BCUT2D eigenvalue weighted by Gasteiger charge is -2.13. The van der Waals surface area contributed by atoms with Crippen molar-refractivity contribution in [3.05, 3.63) is 87.5 Å². The van der Waals surface area contributed by atoms with Gasteiger partial charge in [0.2, 0.25) is 0 Å². The summed E-state index contributed by atoms with van der Waals surface area (Å²) in [6.07, 6.45) is 1.51. The number of methoxy groups -OCH3 is 1. The molecule has 0 spiro atoms. The molecule has 0 heterocycles. The molecule has 0 aliphatic heterocycles. The summed E-state index contributed by atoms with van der Waals surface area (Å²) in [6, 6.07) is 19.3. The van der Waals surface area contributed by atoms with E-state index in [-0.39, 0.29) is 24.4 Å². The van der Waals surface area contributed by atoms with E-state index in [4.69, 9.17) is 9.47 Å². The lowest BCUT2D eigenvalue weighted by molar-refractivity contribution is -0.384. The number of carbonyl (C=O) groups excluding carboxylic acids is 1. The maximum Gasteiger partial charge on any atom is 0.269 e. The fourth-order valence-electron chi connectivity index (χ4n) is 3.08. The molecule has 0 bridgehead atoms. The molecule has 1 amide bonds. The Labute approximate surface area is 184 Å². The van der Waals surface area contributed by atoms with Gasteiger partial charge in [-0.2, -0.15) is 5.26 Å². The van der Waals surface area contributed by atoms with Gasteiger partial charge in [-0.25, -0.2) is 0 Å². The molecule has 0 aliphatic rings. The normalized spacial score (nSPS) is 11.1. The molecule has 0 atom stereocenters. The number of non-ortho nitro benzene ring substituents is 1. The van der Waals surface area contributed by atoms with Crippen molar-refractivity contribution < 1.29 is 19.2 Å². The number of rotatable bonds is 9. The average molecular weight is 431 g/mol. The van der Waals surface area contributed by atoms with Crippen LogP contribution in [0.1, 0.15) is 11.1 Å². The molecule has 3 rings (SSSR count). The summed E-state index contributed by atoms with van der Waals surface area (Å²) in [5.41, 5.74) is 1.29. The maximum atomic E-state index is 12.4. The van der Waals surface area contributed by atoms with Crippen molar-refractivity contribution in [3.8, 4) is 11.8 Å². The van der Waals surface area contributed by atoms with Crippen LogP contribution in [0, 0.1) is 21.4 Å². The Bertz CT molecular complexity index is 1200. The van der Waals surface area contributed by atoms with E-state index in [0.717, 1.165) is 16.3 Å². The predicted molar refractivity (Wildman–Crippen MR) is 120 cm³/mol. The van der Waals surface area contributed by atoms with Gasteiger partial charge in [0.05, 0.1) is 11.5 Å². The highest BCUT2D eigenvalue weighted by atomic mass is 16.6. The van der Waals surface area contributed by atoms with E-state index in [2.05, 4.69) is 5.32 Å². The molecule has 32 heavy (non-hydrogen) atoms. The van der Waals surface area contributed by atoms with Gasteiger partial charge < -0.3 is 14.8 Å². The Balaban J connectivity index is 1.93. The number of ether oxygens (including phenoxy) is 2. The number of nitrogens with one attached hydrogen (secondary N) is 1. The molecule has 8 nitrogen and oxygen atoms in total. The highest BCUT2D eigenvalue weighted by Crippen LogP contribution is 2.31. The SMILES string of the molecule is COCCNC(=O)/C(C#N)=C/c1c(OCc2ccc([N+](=O)[O-])cc2)ccc2ccccc12. The summed E-state index contributed by atoms with van der Waals surface area (Å²) in [7, 11) is 1.53. The van der Waals surface area contributed by atoms with Crippen LogP contribution in [0.5, 0.6) is 5.75 Å². The summed E-state index contributed by atoms with van der Waals surface area (Å²) in [5, 5.41) is 24.8. The van der Waals surface area contributed by atoms with Gasteiger partial charge in [0, 0.05) is 31.4 Å². The number of nitriles is 1. The molecule has 1 N–H and O–H groups in total. The molecule has 0 fully saturated rings. The number of hydrogen-bond acceptors (Lipinski definition) is 6. The van der Waals surface area contributed by atoms with E-state index >= 15 is 0 Å². The van der Waals surface area contributed by atoms with Crippen LogP contribution in [-0.4, -0.2) is 31.1 Å². The molecule has 3 aromatic carbocycles. The first-order chi connectivity index (χ1) is 15.5. The average Bonchev–Trinajstić information content (AvgIpc) is 2.81. The van der Waals surface area contributed by atoms with Crippen LogP contribution in [0.4, 0.5) is 5.69 Å². The van der Waals surface area contributed by atoms with Crippen molar-refractivity contribution in [2.75, 3.05) is 20.3 Å². The number of hydrogen-bond donors (Lipinski definition) is 1. The smallest absolute Gasteiger partial charge is 0.269 e. The molecule has 0 aromatic heterocycles. The van der Waals surface area contributed by atoms with Crippen LogP contribution in [-0.2, 0) is 16.1 Å². The van der Waals surface area contributed by atoms with E-state index in [0.29, 0.717) is 17.9 Å². The minimum absolute atomic E-state index is 0.00113. The van der Waals surface area contributed by atoms with Gasteiger partial charge in [-0.05, 0) is 40.6 Å². The molecular formula is C24H21N3O5. The van der Waals surface area contributed by atoms with Crippen LogP contribution in [0.15, 0.2) is 66.2 Å². The second kappa shape index (κ2) is 10.7. The third-order valence-electron chi connectivity index (χ3n) is 4.72. The van der Waals surface area contributed by atoms with Crippen LogP contribution in [0.2, 0.25) is 0 Å². The number of nitro groups is 1. The fourth-order valence-corrected chi connectivity index (χ4v) is 3.08. The maximum absolute atomic E-state index is 12.4. The molecule has 0 saturated carbocycles. The number of amides is 1. The Morgan fingerprint density at radius 1 is 1.16 bits per heavy atom. The fraction of sp³-hybridized carbons (Fsp3) is 0.167. The number of fused-ring (bicyclic) bond motifs is 1. The lowest BCUT2D eigenvalue weighted by Crippen LogP contribution is -2.27. The largest absolute Gasteiger partial charge is 0.488 e. The summed E-state index contributed by atoms with van der Waals surface area (Å²) in [6.45, 7) is 0.787. The third kappa shape index (κ3) is 5.47.